The summed E-state index contributed by atoms with van der Waals surface area (Å²) >= 11 is 7.45. The summed E-state index contributed by atoms with van der Waals surface area (Å²) in [4.78, 5) is 12.0. The average molecular weight is 299 g/mol. The van der Waals surface area contributed by atoms with Crippen LogP contribution in [0.15, 0.2) is 33.7 Å². The maximum atomic E-state index is 11.2. The van der Waals surface area contributed by atoms with Crippen LogP contribution in [0.2, 0.25) is 5.02 Å². The first-order valence-electron chi connectivity index (χ1n) is 5.25. The van der Waals surface area contributed by atoms with E-state index < -0.39 is 5.91 Å². The van der Waals surface area contributed by atoms with E-state index in [0.29, 0.717) is 22.2 Å². The zero-order valence-electron chi connectivity index (χ0n) is 9.72. The number of benzene rings is 1. The highest BCUT2D eigenvalue weighted by Gasteiger charge is 2.12. The van der Waals surface area contributed by atoms with Crippen molar-refractivity contribution >= 4 is 35.0 Å². The second-order valence-electron chi connectivity index (χ2n) is 3.60. The number of halogens is 1. The molecule has 2 rings (SSSR count). The summed E-state index contributed by atoms with van der Waals surface area (Å²) in [5.74, 6) is 5.48. The van der Waals surface area contributed by atoms with Gasteiger partial charge in [0, 0.05) is 16.6 Å². The number of carbonyl (C=O) groups excluding carboxylic acids is 1. The van der Waals surface area contributed by atoms with Crippen LogP contribution in [-0.4, -0.2) is 11.1 Å². The fourth-order valence-corrected chi connectivity index (χ4v) is 2.59. The first-order chi connectivity index (χ1) is 9.11. The van der Waals surface area contributed by atoms with E-state index in [1.54, 1.807) is 18.2 Å². The van der Waals surface area contributed by atoms with E-state index in [9.17, 15) is 4.79 Å². The normalized spacial score (nSPS) is 10.4. The van der Waals surface area contributed by atoms with Crippen molar-refractivity contribution in [2.45, 2.75) is 10.6 Å². The Morgan fingerprint density at radius 2 is 2.32 bits per heavy atom. The van der Waals surface area contributed by atoms with E-state index in [4.69, 9.17) is 27.7 Å². The molecule has 6 nitrogen and oxygen atoms in total. The molecule has 0 unspecified atom stereocenters. The van der Waals surface area contributed by atoms with Crippen molar-refractivity contribution in [1.82, 2.24) is 10.6 Å². The number of nitrogen functional groups attached to an aromatic ring is 2. The summed E-state index contributed by atoms with van der Waals surface area (Å²) in [6, 6.07) is 6.82. The Hall–Kier alpha value is -1.70. The third-order valence-electron chi connectivity index (χ3n) is 2.28. The Morgan fingerprint density at radius 3 is 3.00 bits per heavy atom. The van der Waals surface area contributed by atoms with Crippen LogP contribution in [0.3, 0.4) is 0 Å². The van der Waals surface area contributed by atoms with Crippen LogP contribution in [0.5, 0.6) is 0 Å². The second-order valence-corrected chi connectivity index (χ2v) is 4.99. The van der Waals surface area contributed by atoms with Gasteiger partial charge in [0.25, 0.3) is 5.91 Å². The fourth-order valence-electron chi connectivity index (χ4n) is 1.38. The zero-order chi connectivity index (χ0) is 13.8. The van der Waals surface area contributed by atoms with Gasteiger partial charge < -0.3 is 10.3 Å². The minimum atomic E-state index is -0.503. The van der Waals surface area contributed by atoms with E-state index in [1.165, 1.54) is 17.8 Å². The number of hydrogen-bond donors (Lipinski definition) is 3. The van der Waals surface area contributed by atoms with Gasteiger partial charge in [-0.05, 0) is 12.1 Å². The number of hydrogen-bond acceptors (Lipinski definition) is 6. The smallest absolute Gasteiger partial charge is 0.287 e. The highest BCUT2D eigenvalue weighted by Crippen LogP contribution is 2.34. The third kappa shape index (κ3) is 3.19. The molecule has 1 aromatic carbocycles. The third-order valence-corrected chi connectivity index (χ3v) is 3.88. The van der Waals surface area contributed by atoms with Gasteiger partial charge in [-0.1, -0.05) is 22.8 Å². The van der Waals surface area contributed by atoms with Gasteiger partial charge in [-0.15, -0.1) is 11.8 Å². The lowest BCUT2D eigenvalue weighted by atomic mass is 10.3. The summed E-state index contributed by atoms with van der Waals surface area (Å²) in [5, 5.41) is 4.17. The standard InChI is InChI=1S/C11H11ClN4O2S/c12-7-2-1-3-8(13)10(7)19-5-6-4-9(16-18-6)11(17)15-14/h1-4H,5,13-14H2,(H,15,17). The zero-order valence-corrected chi connectivity index (χ0v) is 11.3. The fraction of sp³-hybridized carbons (Fsp3) is 0.0909. The molecule has 100 valence electrons. The number of hydrazine groups is 1. The van der Waals surface area contributed by atoms with E-state index in [2.05, 4.69) is 5.16 Å². The van der Waals surface area contributed by atoms with Crippen LogP contribution in [0.25, 0.3) is 0 Å². The molecule has 1 amide bonds. The Balaban J connectivity index is 2.07. The van der Waals surface area contributed by atoms with Crippen LogP contribution >= 0.6 is 23.4 Å². The molecule has 2 aromatic rings. The maximum Gasteiger partial charge on any atom is 0.287 e. The molecule has 1 aromatic heterocycles. The molecule has 0 radical (unpaired) electrons. The number of carbonyl (C=O) groups is 1. The van der Waals surface area contributed by atoms with Crippen LogP contribution in [0.1, 0.15) is 16.2 Å². The quantitative estimate of drug-likeness (QED) is 0.261. The van der Waals surface area contributed by atoms with Gasteiger partial charge in [0.15, 0.2) is 5.69 Å². The second kappa shape index (κ2) is 5.96. The van der Waals surface area contributed by atoms with Crippen LogP contribution in [-0.2, 0) is 5.75 Å². The van der Waals surface area contributed by atoms with Crippen molar-refractivity contribution in [1.29, 1.82) is 0 Å². The molecule has 19 heavy (non-hydrogen) atoms. The van der Waals surface area contributed by atoms with Gasteiger partial charge in [-0.3, -0.25) is 10.2 Å². The summed E-state index contributed by atoms with van der Waals surface area (Å²) in [6.07, 6.45) is 0. The highest BCUT2D eigenvalue weighted by molar-refractivity contribution is 7.98. The summed E-state index contributed by atoms with van der Waals surface area (Å²) < 4.78 is 5.02. The number of amides is 1. The van der Waals surface area contributed by atoms with E-state index in [-0.39, 0.29) is 5.69 Å². The largest absolute Gasteiger partial charge is 0.398 e. The van der Waals surface area contributed by atoms with E-state index >= 15 is 0 Å². The van der Waals surface area contributed by atoms with Gasteiger partial charge >= 0.3 is 0 Å². The minimum absolute atomic E-state index is 0.130. The van der Waals surface area contributed by atoms with Crippen molar-refractivity contribution in [3.63, 3.8) is 0 Å². The van der Waals surface area contributed by atoms with E-state index in [1.807, 2.05) is 5.43 Å². The van der Waals surface area contributed by atoms with Crippen molar-refractivity contribution in [3.8, 4) is 0 Å². The molecular formula is C11H11ClN4O2S. The molecule has 0 spiro atoms. The number of aromatic nitrogens is 1. The van der Waals surface area contributed by atoms with Gasteiger partial charge in [0.05, 0.1) is 10.8 Å². The number of anilines is 1. The Kier molecular flexibility index (Phi) is 4.31. The van der Waals surface area contributed by atoms with Crippen molar-refractivity contribution < 1.29 is 9.32 Å². The molecule has 1 heterocycles. The molecule has 0 bridgehead atoms. The minimum Gasteiger partial charge on any atom is -0.398 e. The molecule has 0 aliphatic carbocycles. The average Bonchev–Trinajstić information content (AvgIpc) is 2.86. The lowest BCUT2D eigenvalue weighted by Crippen LogP contribution is -2.30. The molecule has 0 saturated carbocycles. The molecule has 0 saturated heterocycles. The van der Waals surface area contributed by atoms with Gasteiger partial charge in [0.2, 0.25) is 0 Å². The van der Waals surface area contributed by atoms with Crippen LogP contribution in [0, 0.1) is 0 Å². The molecule has 8 heteroatoms. The molecule has 0 atom stereocenters. The topological polar surface area (TPSA) is 107 Å². The predicted octanol–water partition coefficient (Wildman–Crippen LogP) is 1.81. The Labute approximate surface area is 118 Å². The number of thioether (sulfide) groups is 1. The number of rotatable bonds is 4. The Bertz CT molecular complexity index is 582. The predicted molar refractivity (Wildman–Crippen MR) is 73.6 cm³/mol. The summed E-state index contributed by atoms with van der Waals surface area (Å²) in [6.45, 7) is 0. The molecule has 0 aliphatic heterocycles. The molecular weight excluding hydrogens is 288 g/mol. The summed E-state index contributed by atoms with van der Waals surface area (Å²) in [5.41, 5.74) is 8.53. The highest BCUT2D eigenvalue weighted by atomic mass is 35.5. The van der Waals surface area contributed by atoms with Gasteiger partial charge in [0.1, 0.15) is 5.76 Å². The lowest BCUT2D eigenvalue weighted by Gasteiger charge is -2.05. The molecule has 0 fully saturated rings. The number of nitrogens with one attached hydrogen (secondary N) is 1. The Morgan fingerprint density at radius 1 is 1.53 bits per heavy atom. The molecule has 0 aliphatic rings. The van der Waals surface area contributed by atoms with Crippen molar-refractivity contribution in [2.24, 2.45) is 5.84 Å². The molecule has 5 N–H and O–H groups in total. The first kappa shape index (κ1) is 13.7. The van der Waals surface area contributed by atoms with Crippen LogP contribution < -0.4 is 17.0 Å². The van der Waals surface area contributed by atoms with Crippen LogP contribution in [0.4, 0.5) is 5.69 Å². The SMILES string of the molecule is NNC(=O)c1cc(CSc2c(N)cccc2Cl)on1. The van der Waals surface area contributed by atoms with Gasteiger partial charge in [-0.2, -0.15) is 0 Å². The monoisotopic (exact) mass is 298 g/mol. The first-order valence-corrected chi connectivity index (χ1v) is 6.61. The summed E-state index contributed by atoms with van der Waals surface area (Å²) in [7, 11) is 0. The van der Waals surface area contributed by atoms with Gasteiger partial charge in [-0.25, -0.2) is 5.84 Å². The van der Waals surface area contributed by atoms with Crippen molar-refractivity contribution in [3.05, 3.63) is 40.7 Å². The van der Waals surface area contributed by atoms with Crippen molar-refractivity contribution in [2.75, 3.05) is 5.73 Å². The van der Waals surface area contributed by atoms with E-state index in [0.717, 1.165) is 4.90 Å². The number of nitrogens with two attached hydrogens (primary N) is 2. The lowest BCUT2D eigenvalue weighted by molar-refractivity contribution is 0.0944. The maximum absolute atomic E-state index is 11.2. The number of nitrogens with zero attached hydrogens (tertiary/aromatic N) is 1.